The molecule has 1 aromatic rings. The van der Waals surface area contributed by atoms with Crippen LogP contribution in [0.25, 0.3) is 0 Å². The van der Waals surface area contributed by atoms with E-state index in [4.69, 9.17) is 0 Å². The van der Waals surface area contributed by atoms with E-state index >= 15 is 0 Å². The Balaban J connectivity index is 1.65. The molecule has 2 aliphatic heterocycles. The van der Waals surface area contributed by atoms with Crippen molar-refractivity contribution >= 4 is 5.91 Å². The molecule has 0 radical (unpaired) electrons. The van der Waals surface area contributed by atoms with E-state index in [9.17, 15) is 4.79 Å². The molecule has 0 aliphatic carbocycles. The van der Waals surface area contributed by atoms with Crippen LogP contribution in [0.5, 0.6) is 0 Å². The Bertz CT molecular complexity index is 590. The van der Waals surface area contributed by atoms with Crippen molar-refractivity contribution in [1.82, 2.24) is 14.7 Å². The molecule has 0 unspecified atom stereocenters. The van der Waals surface area contributed by atoms with Crippen LogP contribution in [0.2, 0.25) is 0 Å². The molecule has 2 heterocycles. The molecule has 2 aliphatic rings. The van der Waals surface area contributed by atoms with Crippen LogP contribution in [0.15, 0.2) is 24.3 Å². The number of nitrogens with zero attached hydrogens (tertiary/aromatic N) is 3. The van der Waals surface area contributed by atoms with Gasteiger partial charge in [-0.25, -0.2) is 0 Å². The van der Waals surface area contributed by atoms with Crippen molar-refractivity contribution in [1.29, 1.82) is 0 Å². The van der Waals surface area contributed by atoms with E-state index in [2.05, 4.69) is 61.9 Å². The second-order valence-electron chi connectivity index (χ2n) is 7.59. The molecule has 4 heteroatoms. The number of carbonyl (C=O) groups excluding carboxylic acids is 1. The molecule has 0 aromatic heterocycles. The van der Waals surface area contributed by atoms with Gasteiger partial charge >= 0.3 is 0 Å². The highest BCUT2D eigenvalue weighted by molar-refractivity contribution is 5.78. The maximum Gasteiger partial charge on any atom is 0.236 e. The highest BCUT2D eigenvalue weighted by Gasteiger charge is 2.45. The molecule has 24 heavy (non-hydrogen) atoms. The summed E-state index contributed by atoms with van der Waals surface area (Å²) < 4.78 is 0. The maximum absolute atomic E-state index is 12.5. The van der Waals surface area contributed by atoms with Gasteiger partial charge in [0.25, 0.3) is 0 Å². The number of hydrogen-bond acceptors (Lipinski definition) is 3. The Morgan fingerprint density at radius 3 is 2.54 bits per heavy atom. The molecule has 4 nitrogen and oxygen atoms in total. The number of benzene rings is 1. The second-order valence-corrected chi connectivity index (χ2v) is 7.59. The Hall–Kier alpha value is -1.39. The molecule has 1 saturated heterocycles. The molecular formula is C20H31N3O. The van der Waals surface area contributed by atoms with Gasteiger partial charge in [0.2, 0.25) is 5.91 Å². The number of amides is 1. The van der Waals surface area contributed by atoms with Crippen molar-refractivity contribution in [2.24, 2.45) is 0 Å². The number of piperidine rings is 1. The summed E-state index contributed by atoms with van der Waals surface area (Å²) in [7, 11) is 2.25. The van der Waals surface area contributed by atoms with Crippen molar-refractivity contribution in [3.63, 3.8) is 0 Å². The van der Waals surface area contributed by atoms with E-state index < -0.39 is 0 Å². The van der Waals surface area contributed by atoms with Crippen molar-refractivity contribution in [3.8, 4) is 0 Å². The highest BCUT2D eigenvalue weighted by Crippen LogP contribution is 2.45. The lowest BCUT2D eigenvalue weighted by molar-refractivity contribution is -0.134. The highest BCUT2D eigenvalue weighted by atomic mass is 16.2. The summed E-state index contributed by atoms with van der Waals surface area (Å²) in [6, 6.07) is 9.16. The van der Waals surface area contributed by atoms with Gasteiger partial charge in [0, 0.05) is 37.8 Å². The minimum absolute atomic E-state index is 0.179. The first-order valence-corrected chi connectivity index (χ1v) is 9.29. The topological polar surface area (TPSA) is 26.8 Å². The summed E-state index contributed by atoms with van der Waals surface area (Å²) in [5, 5.41) is 0. The van der Waals surface area contributed by atoms with Crippen LogP contribution in [0.1, 0.15) is 44.7 Å². The monoisotopic (exact) mass is 329 g/mol. The Morgan fingerprint density at radius 2 is 1.92 bits per heavy atom. The first-order chi connectivity index (χ1) is 11.5. The maximum atomic E-state index is 12.5. The average molecular weight is 329 g/mol. The van der Waals surface area contributed by atoms with E-state index in [-0.39, 0.29) is 17.5 Å². The third kappa shape index (κ3) is 2.98. The molecule has 0 atom stereocenters. The fraction of sp³-hybridized carbons (Fsp3) is 0.650. The first-order valence-electron chi connectivity index (χ1n) is 9.29. The predicted octanol–water partition coefficient (Wildman–Crippen LogP) is 2.68. The first kappa shape index (κ1) is 17.4. The largest absolute Gasteiger partial charge is 0.339 e. The zero-order valence-corrected chi connectivity index (χ0v) is 15.6. The van der Waals surface area contributed by atoms with E-state index in [1.54, 1.807) is 0 Å². The number of carbonyl (C=O) groups is 1. The summed E-state index contributed by atoms with van der Waals surface area (Å²) >= 11 is 0. The molecule has 1 spiro atoms. The van der Waals surface area contributed by atoms with Crippen molar-refractivity contribution < 1.29 is 4.79 Å². The molecule has 0 N–H and O–H groups in total. The summed E-state index contributed by atoms with van der Waals surface area (Å²) in [4.78, 5) is 19.4. The van der Waals surface area contributed by atoms with Gasteiger partial charge in [-0.05, 0) is 51.8 Å². The fourth-order valence-electron chi connectivity index (χ4n) is 4.57. The van der Waals surface area contributed by atoms with E-state index in [0.29, 0.717) is 6.54 Å². The predicted molar refractivity (Wildman–Crippen MR) is 97.8 cm³/mol. The van der Waals surface area contributed by atoms with Crippen LogP contribution in [-0.2, 0) is 16.9 Å². The second kappa shape index (κ2) is 6.85. The van der Waals surface area contributed by atoms with E-state index in [1.807, 2.05) is 4.90 Å². The molecule has 0 saturated carbocycles. The molecular weight excluding hydrogens is 298 g/mol. The zero-order valence-electron chi connectivity index (χ0n) is 15.6. The summed E-state index contributed by atoms with van der Waals surface area (Å²) in [5.74, 6) is 0.267. The van der Waals surface area contributed by atoms with Crippen LogP contribution in [-0.4, -0.2) is 59.9 Å². The standard InChI is InChI=1S/C20H31N3O/c1-5-23(16(2)3)19(24)15-22-12-10-20(11-13-22)18-9-7-6-8-17(18)14-21(20)4/h6-9,16H,5,10-15H2,1-4H3. The quantitative estimate of drug-likeness (QED) is 0.850. The zero-order chi connectivity index (χ0) is 17.3. The lowest BCUT2D eigenvalue weighted by Gasteiger charge is -2.44. The van der Waals surface area contributed by atoms with Gasteiger partial charge in [-0.15, -0.1) is 0 Å². The molecule has 1 aromatic carbocycles. The van der Waals surface area contributed by atoms with E-state index in [0.717, 1.165) is 39.0 Å². The summed E-state index contributed by atoms with van der Waals surface area (Å²) in [6.45, 7) is 10.7. The number of fused-ring (bicyclic) bond motifs is 2. The van der Waals surface area contributed by atoms with Crippen LogP contribution in [0.4, 0.5) is 0 Å². The van der Waals surface area contributed by atoms with Crippen molar-refractivity contribution in [2.75, 3.05) is 33.2 Å². The molecule has 1 fully saturated rings. The normalized spacial score (nSPS) is 20.5. The van der Waals surface area contributed by atoms with Gasteiger partial charge < -0.3 is 4.90 Å². The minimum atomic E-state index is 0.179. The van der Waals surface area contributed by atoms with Gasteiger partial charge in [0.05, 0.1) is 6.54 Å². The summed E-state index contributed by atoms with van der Waals surface area (Å²) in [6.07, 6.45) is 2.23. The Kier molecular flexibility index (Phi) is 4.97. The van der Waals surface area contributed by atoms with Crippen molar-refractivity contribution in [2.45, 2.75) is 51.7 Å². The van der Waals surface area contributed by atoms with Gasteiger partial charge in [-0.2, -0.15) is 0 Å². The van der Waals surface area contributed by atoms with E-state index in [1.165, 1.54) is 11.1 Å². The Labute approximate surface area is 146 Å². The third-order valence-electron chi connectivity index (χ3n) is 5.98. The average Bonchev–Trinajstić information content (AvgIpc) is 2.82. The fourth-order valence-corrected chi connectivity index (χ4v) is 4.57. The number of likely N-dealkylation sites (tertiary alicyclic amines) is 1. The molecule has 0 bridgehead atoms. The third-order valence-corrected chi connectivity index (χ3v) is 5.98. The number of likely N-dealkylation sites (N-methyl/N-ethyl adjacent to an activating group) is 1. The smallest absolute Gasteiger partial charge is 0.236 e. The van der Waals surface area contributed by atoms with Gasteiger partial charge in [0.1, 0.15) is 0 Å². The Morgan fingerprint density at radius 1 is 1.25 bits per heavy atom. The molecule has 132 valence electrons. The van der Waals surface area contributed by atoms with Crippen molar-refractivity contribution in [3.05, 3.63) is 35.4 Å². The van der Waals surface area contributed by atoms with Crippen LogP contribution >= 0.6 is 0 Å². The van der Waals surface area contributed by atoms with Gasteiger partial charge in [-0.1, -0.05) is 24.3 Å². The number of rotatable bonds is 4. The molecule has 3 rings (SSSR count). The minimum Gasteiger partial charge on any atom is -0.339 e. The van der Waals surface area contributed by atoms with Gasteiger partial charge in [-0.3, -0.25) is 14.6 Å². The SMILES string of the molecule is CCN(C(=O)CN1CCC2(CC1)c1ccccc1CN2C)C(C)C. The van der Waals surface area contributed by atoms with Crippen LogP contribution in [0.3, 0.4) is 0 Å². The van der Waals surface area contributed by atoms with Gasteiger partial charge in [0.15, 0.2) is 0 Å². The lowest BCUT2D eigenvalue weighted by atomic mass is 9.81. The van der Waals surface area contributed by atoms with Crippen LogP contribution in [0, 0.1) is 0 Å². The lowest BCUT2D eigenvalue weighted by Crippen LogP contribution is -2.51. The number of hydrogen-bond donors (Lipinski definition) is 0. The summed E-state index contributed by atoms with van der Waals surface area (Å²) in [5.41, 5.74) is 3.16. The van der Waals surface area contributed by atoms with Crippen LogP contribution < -0.4 is 0 Å². The molecule has 1 amide bonds.